The Hall–Kier alpha value is -5.34. The number of carbonyl (C=O) groups excluding carboxylic acids is 2. The fourth-order valence-electron chi connectivity index (χ4n) is 6.34. The van der Waals surface area contributed by atoms with Gasteiger partial charge in [0.25, 0.3) is 0 Å². The number of hydrogen-bond acceptors (Lipinski definition) is 10. The van der Waals surface area contributed by atoms with Crippen LogP contribution in [-0.4, -0.2) is 64.3 Å². The summed E-state index contributed by atoms with van der Waals surface area (Å²) >= 11 is 6.98. The molecule has 0 amide bonds. The molecule has 6 aromatic rings. The van der Waals surface area contributed by atoms with E-state index in [-0.39, 0.29) is 30.1 Å². The second-order valence-electron chi connectivity index (χ2n) is 13.4. The summed E-state index contributed by atoms with van der Waals surface area (Å²) < 4.78 is 12.4. The zero-order valence-electron chi connectivity index (χ0n) is 30.4. The molecule has 284 valence electrons. The van der Waals surface area contributed by atoms with E-state index in [1.165, 1.54) is 9.59 Å². The van der Waals surface area contributed by atoms with Crippen LogP contribution in [0.15, 0.2) is 94.9 Å². The maximum atomic E-state index is 11.9. The molecule has 14 heteroatoms. The maximum absolute atomic E-state index is 11.9. The number of esters is 2. The molecule has 0 fully saturated rings. The molecule has 55 heavy (non-hydrogen) atoms. The average molecular weight is 873 g/mol. The lowest BCUT2D eigenvalue weighted by molar-refractivity contribution is -0.143. The van der Waals surface area contributed by atoms with E-state index in [9.17, 15) is 19.8 Å². The first kappa shape index (κ1) is 39.4. The lowest BCUT2D eigenvalue weighted by Crippen LogP contribution is -2.13. The first-order valence-corrected chi connectivity index (χ1v) is 19.4. The van der Waals surface area contributed by atoms with Gasteiger partial charge in [-0.05, 0) is 112 Å². The van der Waals surface area contributed by atoms with Crippen molar-refractivity contribution in [1.29, 1.82) is 0 Å². The number of aromatic nitrogens is 6. The Morgan fingerprint density at radius 1 is 0.673 bits per heavy atom. The smallest absolute Gasteiger partial charge is 0.330 e. The highest BCUT2D eigenvalue weighted by molar-refractivity contribution is 9.10. The molecule has 2 heterocycles. The van der Waals surface area contributed by atoms with E-state index < -0.39 is 11.9 Å². The van der Waals surface area contributed by atoms with Crippen molar-refractivity contribution >= 4 is 65.9 Å². The highest BCUT2D eigenvalue weighted by Crippen LogP contribution is 2.36. The Kier molecular flexibility index (Phi) is 12.5. The fraction of sp³-hybridized carbons (Fsp3) is 0.268. The molecular formula is C41H40Br2N6O6. The van der Waals surface area contributed by atoms with Crippen molar-refractivity contribution in [2.75, 3.05) is 0 Å². The van der Waals surface area contributed by atoms with E-state index in [0.717, 1.165) is 32.2 Å². The zero-order valence-corrected chi connectivity index (χ0v) is 33.6. The number of nitrogens with zero attached hydrogens (tertiary/aromatic N) is 6. The van der Waals surface area contributed by atoms with Crippen LogP contribution in [0.5, 0.6) is 11.5 Å². The van der Waals surface area contributed by atoms with Crippen LogP contribution >= 0.6 is 31.9 Å². The minimum absolute atomic E-state index is 0.0339. The number of rotatable bonds is 16. The number of halogens is 2. The minimum Gasteiger partial charge on any atom is -0.505 e. The Labute approximate surface area is 334 Å². The van der Waals surface area contributed by atoms with Gasteiger partial charge in [0.1, 0.15) is 44.9 Å². The van der Waals surface area contributed by atoms with Crippen molar-refractivity contribution in [3.8, 4) is 22.9 Å². The summed E-state index contributed by atoms with van der Waals surface area (Å²) in [6.07, 6.45) is 5.66. The number of benzene rings is 4. The van der Waals surface area contributed by atoms with Crippen LogP contribution in [0.4, 0.5) is 0 Å². The molecule has 0 aliphatic rings. The van der Waals surface area contributed by atoms with Crippen LogP contribution in [0.25, 0.3) is 33.4 Å². The molecule has 0 aliphatic carbocycles. The number of aromatic hydroxyl groups is 2. The molecule has 4 aromatic carbocycles. The van der Waals surface area contributed by atoms with Crippen molar-refractivity contribution < 1.29 is 29.3 Å². The molecule has 0 aliphatic heterocycles. The summed E-state index contributed by atoms with van der Waals surface area (Å²) in [6.45, 7) is 10.6. The summed E-state index contributed by atoms with van der Waals surface area (Å²) in [7, 11) is 0. The van der Waals surface area contributed by atoms with Gasteiger partial charge < -0.3 is 19.7 Å². The maximum Gasteiger partial charge on any atom is 0.330 e. The quantitative estimate of drug-likeness (QED) is 0.0714. The normalized spacial score (nSPS) is 12.4. The number of carbonyl (C=O) groups is 2. The number of phenols is 2. The largest absolute Gasteiger partial charge is 0.505 e. The molecule has 0 radical (unpaired) electrons. The molecule has 2 aromatic heterocycles. The first-order valence-electron chi connectivity index (χ1n) is 17.8. The second kappa shape index (κ2) is 17.4. The van der Waals surface area contributed by atoms with E-state index in [2.05, 4.69) is 65.4 Å². The zero-order chi connectivity index (χ0) is 39.2. The minimum atomic E-state index is -0.469. The van der Waals surface area contributed by atoms with Crippen LogP contribution in [0.3, 0.4) is 0 Å². The fourth-order valence-corrected chi connectivity index (χ4v) is 7.04. The third kappa shape index (κ3) is 9.67. The lowest BCUT2D eigenvalue weighted by atomic mass is 9.95. The van der Waals surface area contributed by atoms with Gasteiger partial charge in [-0.1, -0.05) is 57.2 Å². The number of hydrogen-bond donors (Lipinski definition) is 2. The van der Waals surface area contributed by atoms with Gasteiger partial charge in [-0.2, -0.15) is 0 Å². The standard InChI is InChI=1S/C41H40Br2N6O6/c1-5-38(50)54-24(3)9-7-11-26-17-28(40(52)36(19-26)48-44-32-15-13-30(42)22-34(32)46-48)21-29-18-27(12-8-10-25(4)55-39(51)6-2)20-37(41(29)53)49-45-33-16-14-31(43)23-35(33)47-49/h5-6,13-20,22-25,52-53H,1-2,7-12,21H2,3-4H3. The highest BCUT2D eigenvalue weighted by atomic mass is 79.9. The van der Waals surface area contributed by atoms with Crippen LogP contribution < -0.4 is 0 Å². The summed E-state index contributed by atoms with van der Waals surface area (Å²) in [5.74, 6) is -1.01. The van der Waals surface area contributed by atoms with E-state index in [0.29, 0.717) is 83.1 Å². The SMILES string of the molecule is C=CC(=O)OC(C)CCCc1cc(Cc2cc(CCCC(C)OC(=O)C=C)cc(-n3nc4ccc(Br)cc4n3)c2O)c(O)c(-n2nc3ccc(Br)cc3n2)c1. The van der Waals surface area contributed by atoms with Crippen molar-refractivity contribution in [2.24, 2.45) is 0 Å². The summed E-state index contributed by atoms with van der Waals surface area (Å²) in [4.78, 5) is 26.3. The first-order chi connectivity index (χ1) is 26.4. The summed E-state index contributed by atoms with van der Waals surface area (Å²) in [5.41, 5.74) is 6.27. The van der Waals surface area contributed by atoms with Gasteiger partial charge in [0.05, 0.1) is 12.2 Å². The molecule has 6 rings (SSSR count). The van der Waals surface area contributed by atoms with Crippen molar-refractivity contribution in [1.82, 2.24) is 30.0 Å². The van der Waals surface area contributed by atoms with Gasteiger partial charge >= 0.3 is 11.9 Å². The summed E-state index contributed by atoms with van der Waals surface area (Å²) in [6, 6.07) is 18.7. The van der Waals surface area contributed by atoms with Gasteiger partial charge in [0, 0.05) is 38.6 Å². The number of ether oxygens (including phenoxy) is 2. The number of fused-ring (bicyclic) bond motifs is 2. The Balaban J connectivity index is 1.38. The van der Waals surface area contributed by atoms with E-state index in [1.54, 1.807) is 0 Å². The second-order valence-corrected chi connectivity index (χ2v) is 15.2. The molecule has 0 spiro atoms. The molecule has 0 bridgehead atoms. The highest BCUT2D eigenvalue weighted by Gasteiger charge is 2.21. The van der Waals surface area contributed by atoms with Crippen LogP contribution in [0, 0.1) is 0 Å². The molecule has 0 saturated heterocycles. The van der Waals surface area contributed by atoms with Crippen molar-refractivity contribution in [3.05, 3.63) is 117 Å². The lowest BCUT2D eigenvalue weighted by Gasteiger charge is -2.17. The van der Waals surface area contributed by atoms with E-state index >= 15 is 0 Å². The third-order valence-electron chi connectivity index (χ3n) is 9.07. The van der Waals surface area contributed by atoms with Gasteiger partial charge in [-0.25, -0.2) is 9.59 Å². The number of aryl methyl sites for hydroxylation is 2. The van der Waals surface area contributed by atoms with Gasteiger partial charge in [-0.15, -0.1) is 30.0 Å². The Morgan fingerprint density at radius 2 is 1.07 bits per heavy atom. The monoisotopic (exact) mass is 870 g/mol. The molecular weight excluding hydrogens is 832 g/mol. The average Bonchev–Trinajstić information content (AvgIpc) is 3.77. The molecule has 2 N–H and O–H groups in total. The van der Waals surface area contributed by atoms with Crippen molar-refractivity contribution in [2.45, 2.75) is 71.0 Å². The Morgan fingerprint density at radius 3 is 1.47 bits per heavy atom. The third-order valence-corrected chi connectivity index (χ3v) is 10.1. The van der Waals surface area contributed by atoms with Gasteiger partial charge in [0.2, 0.25) is 0 Å². The van der Waals surface area contributed by atoms with Crippen LogP contribution in [-0.2, 0) is 38.3 Å². The molecule has 2 unspecified atom stereocenters. The molecule has 2 atom stereocenters. The summed E-state index contributed by atoms with van der Waals surface area (Å²) in [5, 5.41) is 42.4. The predicted molar refractivity (Wildman–Crippen MR) is 217 cm³/mol. The topological polar surface area (TPSA) is 154 Å². The van der Waals surface area contributed by atoms with E-state index in [1.807, 2.05) is 74.5 Å². The van der Waals surface area contributed by atoms with Crippen LogP contribution in [0.1, 0.15) is 61.8 Å². The number of phenolic OH excluding ortho intramolecular Hbond substituents is 2. The van der Waals surface area contributed by atoms with Gasteiger partial charge in [-0.3, -0.25) is 0 Å². The molecule has 0 saturated carbocycles. The van der Waals surface area contributed by atoms with Gasteiger partial charge in [0.15, 0.2) is 0 Å². The van der Waals surface area contributed by atoms with Crippen molar-refractivity contribution in [3.63, 3.8) is 0 Å². The Bertz CT molecular complexity index is 2240. The predicted octanol–water partition coefficient (Wildman–Crippen LogP) is 8.56. The molecule has 12 nitrogen and oxygen atoms in total. The van der Waals surface area contributed by atoms with Crippen LogP contribution in [0.2, 0.25) is 0 Å². The van der Waals surface area contributed by atoms with E-state index in [4.69, 9.17) is 9.47 Å².